The van der Waals surface area contributed by atoms with Gasteiger partial charge in [0.1, 0.15) is 0 Å². The number of rotatable bonds is 4. The maximum absolute atomic E-state index is 9.23. The van der Waals surface area contributed by atoms with Crippen molar-refractivity contribution in [2.45, 2.75) is 25.3 Å². The molecule has 1 saturated heterocycles. The van der Waals surface area contributed by atoms with Crippen LogP contribution in [0.1, 0.15) is 19.8 Å². The van der Waals surface area contributed by atoms with E-state index in [4.69, 9.17) is 0 Å². The molecule has 0 bridgehead atoms. The van der Waals surface area contributed by atoms with E-state index >= 15 is 0 Å². The van der Waals surface area contributed by atoms with Crippen LogP contribution >= 0.6 is 0 Å². The lowest BCUT2D eigenvalue weighted by molar-refractivity contribution is -0.0600. The lowest BCUT2D eigenvalue weighted by Crippen LogP contribution is -2.59. The maximum Gasteiger partial charge on any atom is 0.0906 e. The van der Waals surface area contributed by atoms with Gasteiger partial charge in [0.05, 0.1) is 25.4 Å². The summed E-state index contributed by atoms with van der Waals surface area (Å²) in [6, 6.07) is 0. The van der Waals surface area contributed by atoms with E-state index in [-0.39, 0.29) is 19.8 Å². The van der Waals surface area contributed by atoms with Crippen molar-refractivity contribution in [3.05, 3.63) is 0 Å². The molecule has 14 heavy (non-hydrogen) atoms. The zero-order chi connectivity index (χ0) is 10.6. The molecular formula is C10H21NO3. The highest BCUT2D eigenvalue weighted by atomic mass is 16.3. The second-order valence-corrected chi connectivity index (χ2v) is 4.37. The monoisotopic (exact) mass is 203 g/mol. The molecule has 0 spiro atoms. The van der Waals surface area contributed by atoms with Crippen molar-refractivity contribution in [1.29, 1.82) is 0 Å². The number of nitrogens with zero attached hydrogens (tertiary/aromatic N) is 1. The Hall–Kier alpha value is -0.160. The number of likely N-dealkylation sites (tertiary alicyclic amines) is 1. The minimum Gasteiger partial charge on any atom is -0.394 e. The van der Waals surface area contributed by atoms with E-state index in [1.807, 2.05) is 4.90 Å². The summed E-state index contributed by atoms with van der Waals surface area (Å²) in [5.41, 5.74) is -0.819. The highest BCUT2D eigenvalue weighted by Crippen LogP contribution is 2.23. The molecule has 1 rings (SSSR count). The molecule has 0 unspecified atom stereocenters. The van der Waals surface area contributed by atoms with Crippen LogP contribution in [0.2, 0.25) is 0 Å². The van der Waals surface area contributed by atoms with Gasteiger partial charge in [-0.3, -0.25) is 4.90 Å². The Balaban J connectivity index is 2.60. The van der Waals surface area contributed by atoms with Crippen molar-refractivity contribution in [2.24, 2.45) is 5.92 Å². The first-order valence-electron chi connectivity index (χ1n) is 5.26. The topological polar surface area (TPSA) is 63.9 Å². The molecule has 4 nitrogen and oxygen atoms in total. The SMILES string of the molecule is CC1CCN(C(CO)(CO)CO)CC1. The van der Waals surface area contributed by atoms with Crippen LogP contribution in [0, 0.1) is 5.92 Å². The number of piperidine rings is 1. The van der Waals surface area contributed by atoms with Crippen LogP contribution < -0.4 is 0 Å². The summed E-state index contributed by atoms with van der Waals surface area (Å²) in [5.74, 6) is 0.708. The number of hydrogen-bond acceptors (Lipinski definition) is 4. The average molecular weight is 203 g/mol. The van der Waals surface area contributed by atoms with Crippen molar-refractivity contribution in [2.75, 3.05) is 32.9 Å². The van der Waals surface area contributed by atoms with Crippen LogP contribution in [0.5, 0.6) is 0 Å². The zero-order valence-corrected chi connectivity index (χ0v) is 8.82. The molecule has 1 aliphatic rings. The Morgan fingerprint density at radius 1 is 1.07 bits per heavy atom. The summed E-state index contributed by atoms with van der Waals surface area (Å²) in [4.78, 5) is 2.01. The van der Waals surface area contributed by atoms with Gasteiger partial charge in [0.2, 0.25) is 0 Å². The highest BCUT2D eigenvalue weighted by Gasteiger charge is 2.36. The molecule has 1 aliphatic heterocycles. The van der Waals surface area contributed by atoms with Crippen LogP contribution in [-0.4, -0.2) is 58.7 Å². The normalized spacial score (nSPS) is 21.4. The molecule has 0 radical (unpaired) electrons. The standard InChI is InChI=1S/C10H21NO3/c1-9-2-4-11(5-3-9)10(6-12,7-13)8-14/h9,12-14H,2-8H2,1H3. The van der Waals surface area contributed by atoms with Crippen molar-refractivity contribution < 1.29 is 15.3 Å². The quantitative estimate of drug-likeness (QED) is 0.573. The van der Waals surface area contributed by atoms with Gasteiger partial charge in [-0.05, 0) is 31.8 Å². The molecule has 84 valence electrons. The van der Waals surface area contributed by atoms with Gasteiger partial charge in [-0.15, -0.1) is 0 Å². The van der Waals surface area contributed by atoms with Crippen LogP contribution in [0.4, 0.5) is 0 Å². The number of aliphatic hydroxyl groups excluding tert-OH is 3. The summed E-state index contributed by atoms with van der Waals surface area (Å²) in [6.45, 7) is 3.35. The van der Waals surface area contributed by atoms with E-state index in [2.05, 4.69) is 6.92 Å². The second-order valence-electron chi connectivity index (χ2n) is 4.37. The van der Waals surface area contributed by atoms with Crippen molar-refractivity contribution in [3.8, 4) is 0 Å². The fourth-order valence-corrected chi connectivity index (χ4v) is 1.93. The Bertz CT molecular complexity index is 154. The van der Waals surface area contributed by atoms with E-state index in [0.29, 0.717) is 5.92 Å². The number of hydrogen-bond donors (Lipinski definition) is 3. The first-order valence-corrected chi connectivity index (χ1v) is 5.26. The molecule has 3 N–H and O–H groups in total. The van der Waals surface area contributed by atoms with Crippen LogP contribution in [0.15, 0.2) is 0 Å². The summed E-state index contributed by atoms with van der Waals surface area (Å²) < 4.78 is 0. The molecule has 0 amide bonds. The molecular weight excluding hydrogens is 182 g/mol. The van der Waals surface area contributed by atoms with Gasteiger partial charge < -0.3 is 15.3 Å². The molecule has 0 aromatic heterocycles. The van der Waals surface area contributed by atoms with Crippen LogP contribution in [0.3, 0.4) is 0 Å². The zero-order valence-electron chi connectivity index (χ0n) is 8.82. The lowest BCUT2D eigenvalue weighted by atomic mass is 9.92. The third kappa shape index (κ3) is 2.25. The van der Waals surface area contributed by atoms with Gasteiger partial charge in [0, 0.05) is 0 Å². The molecule has 0 aliphatic carbocycles. The van der Waals surface area contributed by atoms with Crippen molar-refractivity contribution >= 4 is 0 Å². The molecule has 4 heteroatoms. The van der Waals surface area contributed by atoms with Crippen LogP contribution in [0.25, 0.3) is 0 Å². The second kappa shape index (κ2) is 5.07. The van der Waals surface area contributed by atoms with Gasteiger partial charge in [-0.1, -0.05) is 6.92 Å². The fourth-order valence-electron chi connectivity index (χ4n) is 1.93. The first-order chi connectivity index (χ1) is 6.68. The summed E-state index contributed by atoms with van der Waals surface area (Å²) in [5, 5.41) is 27.7. The van der Waals surface area contributed by atoms with Gasteiger partial charge >= 0.3 is 0 Å². The Kier molecular flexibility index (Phi) is 4.31. The molecule has 0 atom stereocenters. The molecule has 0 aromatic rings. The Morgan fingerprint density at radius 2 is 1.50 bits per heavy atom. The van der Waals surface area contributed by atoms with Gasteiger partial charge in [-0.25, -0.2) is 0 Å². The molecule has 1 heterocycles. The molecule has 0 aromatic carbocycles. The van der Waals surface area contributed by atoms with Crippen LogP contribution in [-0.2, 0) is 0 Å². The largest absolute Gasteiger partial charge is 0.394 e. The van der Waals surface area contributed by atoms with E-state index < -0.39 is 5.54 Å². The van der Waals surface area contributed by atoms with E-state index in [1.54, 1.807) is 0 Å². The molecule has 0 saturated carbocycles. The third-order valence-electron chi connectivity index (χ3n) is 3.34. The average Bonchev–Trinajstić information content (AvgIpc) is 2.24. The smallest absolute Gasteiger partial charge is 0.0906 e. The minimum atomic E-state index is -0.819. The molecule has 1 fully saturated rings. The Morgan fingerprint density at radius 3 is 1.86 bits per heavy atom. The lowest BCUT2D eigenvalue weighted by Gasteiger charge is -2.43. The fraction of sp³-hybridized carbons (Fsp3) is 1.00. The summed E-state index contributed by atoms with van der Waals surface area (Å²) in [6.07, 6.45) is 2.14. The summed E-state index contributed by atoms with van der Waals surface area (Å²) in [7, 11) is 0. The Labute approximate surface area is 85.2 Å². The van der Waals surface area contributed by atoms with E-state index in [0.717, 1.165) is 25.9 Å². The van der Waals surface area contributed by atoms with Gasteiger partial charge in [0.15, 0.2) is 0 Å². The third-order valence-corrected chi connectivity index (χ3v) is 3.34. The number of aliphatic hydroxyl groups is 3. The summed E-state index contributed by atoms with van der Waals surface area (Å²) >= 11 is 0. The maximum atomic E-state index is 9.23. The van der Waals surface area contributed by atoms with E-state index in [1.165, 1.54) is 0 Å². The predicted octanol–water partition coefficient (Wildman–Crippen LogP) is -0.566. The minimum absolute atomic E-state index is 0.186. The highest BCUT2D eigenvalue weighted by molar-refractivity contribution is 4.91. The van der Waals surface area contributed by atoms with Gasteiger partial charge in [-0.2, -0.15) is 0 Å². The van der Waals surface area contributed by atoms with Crippen molar-refractivity contribution in [1.82, 2.24) is 4.90 Å². The van der Waals surface area contributed by atoms with Crippen molar-refractivity contribution in [3.63, 3.8) is 0 Å². The van der Waals surface area contributed by atoms with Gasteiger partial charge in [0.25, 0.3) is 0 Å². The predicted molar refractivity (Wildman–Crippen MR) is 54.0 cm³/mol. The van der Waals surface area contributed by atoms with E-state index in [9.17, 15) is 15.3 Å². The first kappa shape index (κ1) is 11.9.